The van der Waals surface area contributed by atoms with Crippen molar-refractivity contribution in [3.8, 4) is 22.3 Å². The van der Waals surface area contributed by atoms with Crippen LogP contribution in [0.3, 0.4) is 0 Å². The quantitative estimate of drug-likeness (QED) is 0.0832. The molecule has 0 saturated carbocycles. The van der Waals surface area contributed by atoms with Gasteiger partial charge in [-0.1, -0.05) is 97.1 Å². The molecule has 0 aromatic heterocycles. The highest BCUT2D eigenvalue weighted by atomic mass is 16.6. The van der Waals surface area contributed by atoms with E-state index in [4.69, 9.17) is 28.8 Å². The predicted molar refractivity (Wildman–Crippen MR) is 207 cm³/mol. The van der Waals surface area contributed by atoms with Gasteiger partial charge in [-0.2, -0.15) is 0 Å². The molecule has 0 spiro atoms. The summed E-state index contributed by atoms with van der Waals surface area (Å²) in [4.78, 5) is 37.9. The lowest BCUT2D eigenvalue weighted by molar-refractivity contribution is -0.138. The van der Waals surface area contributed by atoms with Crippen molar-refractivity contribution in [2.24, 2.45) is 0 Å². The zero-order valence-electron chi connectivity index (χ0n) is 31.0. The maximum Gasteiger partial charge on any atom is 0.407 e. The molecule has 0 heterocycles. The van der Waals surface area contributed by atoms with Crippen LogP contribution in [0.2, 0.25) is 0 Å². The molecule has 12 nitrogen and oxygen atoms in total. The molecule has 4 aromatic carbocycles. The number of benzene rings is 4. The summed E-state index contributed by atoms with van der Waals surface area (Å²) in [5.74, 6) is -0.915. The summed E-state index contributed by atoms with van der Waals surface area (Å²) in [6.45, 7) is 4.75. The van der Waals surface area contributed by atoms with Crippen LogP contribution >= 0.6 is 0 Å². The van der Waals surface area contributed by atoms with Crippen molar-refractivity contribution in [3.63, 3.8) is 0 Å². The molecule has 2 aliphatic carbocycles. The molecule has 0 bridgehead atoms. The monoisotopic (exact) mass is 751 g/mol. The number of fused-ring (bicyclic) bond motifs is 6. The third kappa shape index (κ3) is 10.9. The Morgan fingerprint density at radius 2 is 0.855 bits per heavy atom. The van der Waals surface area contributed by atoms with Crippen LogP contribution in [-0.2, 0) is 28.5 Å². The Morgan fingerprint density at radius 1 is 0.509 bits per heavy atom. The van der Waals surface area contributed by atoms with Gasteiger partial charge in [0.25, 0.3) is 0 Å². The average molecular weight is 752 g/mol. The number of nitrogens with zero attached hydrogens (tertiary/aromatic N) is 1. The first-order chi connectivity index (χ1) is 27.0. The minimum Gasteiger partial charge on any atom is -0.481 e. The molecule has 0 atom stereocenters. The van der Waals surface area contributed by atoms with Gasteiger partial charge in [0.2, 0.25) is 0 Å². The molecule has 0 aliphatic heterocycles. The number of alkyl carbamates (subject to hydrolysis) is 2. The number of amides is 2. The molecule has 3 N–H and O–H groups in total. The van der Waals surface area contributed by atoms with Crippen LogP contribution in [0.5, 0.6) is 0 Å². The summed E-state index contributed by atoms with van der Waals surface area (Å²) in [6.07, 6.45) is -1.04. The zero-order chi connectivity index (χ0) is 38.2. The van der Waals surface area contributed by atoms with E-state index in [1.165, 1.54) is 22.3 Å². The summed E-state index contributed by atoms with van der Waals surface area (Å²) in [5, 5.41) is 14.4. The van der Waals surface area contributed by atoms with Crippen LogP contribution in [0, 0.1) is 0 Å². The van der Waals surface area contributed by atoms with Gasteiger partial charge in [-0.05, 0) is 44.5 Å². The van der Waals surface area contributed by atoms with Crippen molar-refractivity contribution in [2.75, 3.05) is 85.6 Å². The van der Waals surface area contributed by atoms with E-state index in [-0.39, 0.29) is 38.1 Å². The first kappa shape index (κ1) is 39.4. The minimum atomic E-state index is -0.906. The molecule has 6 rings (SSSR count). The van der Waals surface area contributed by atoms with E-state index in [0.717, 1.165) is 22.3 Å². The maximum atomic E-state index is 12.5. The van der Waals surface area contributed by atoms with Gasteiger partial charge in [-0.25, -0.2) is 9.59 Å². The molecule has 2 amide bonds. The van der Waals surface area contributed by atoms with Gasteiger partial charge in [0, 0.05) is 44.6 Å². The number of hydrogen-bond donors (Lipinski definition) is 3. The van der Waals surface area contributed by atoms with Crippen molar-refractivity contribution in [2.45, 2.75) is 18.3 Å². The summed E-state index contributed by atoms with van der Waals surface area (Å²) < 4.78 is 28.2. The number of carboxylic acid groups (broad SMARTS) is 1. The molecule has 55 heavy (non-hydrogen) atoms. The molecule has 290 valence electrons. The molecule has 0 fully saturated rings. The Kier molecular flexibility index (Phi) is 14.6. The lowest BCUT2D eigenvalue weighted by atomic mass is 9.98. The van der Waals surface area contributed by atoms with Crippen molar-refractivity contribution in [1.82, 2.24) is 15.5 Å². The smallest absolute Gasteiger partial charge is 0.407 e. The Morgan fingerprint density at radius 3 is 1.22 bits per heavy atom. The molecule has 0 saturated heterocycles. The Hall–Kier alpha value is -5.27. The van der Waals surface area contributed by atoms with E-state index in [1.807, 2.05) is 48.5 Å². The minimum absolute atomic E-state index is 0.00458. The molecule has 12 heteroatoms. The van der Waals surface area contributed by atoms with Gasteiger partial charge in [0.1, 0.15) is 13.2 Å². The third-order valence-electron chi connectivity index (χ3n) is 9.83. The number of carbonyl (C=O) groups is 3. The zero-order valence-corrected chi connectivity index (χ0v) is 31.0. The second-order valence-electron chi connectivity index (χ2n) is 13.3. The van der Waals surface area contributed by atoms with E-state index in [1.54, 1.807) is 0 Å². The van der Waals surface area contributed by atoms with Crippen LogP contribution in [-0.4, -0.2) is 114 Å². The Bertz CT molecular complexity index is 1670. The highest BCUT2D eigenvalue weighted by Gasteiger charge is 2.30. The van der Waals surface area contributed by atoms with Crippen molar-refractivity contribution >= 4 is 18.2 Å². The fourth-order valence-corrected chi connectivity index (χ4v) is 7.13. The fraction of sp³-hybridized carbons (Fsp3) is 0.372. The van der Waals surface area contributed by atoms with Gasteiger partial charge in [0.15, 0.2) is 0 Å². The standard InChI is InChI=1S/C43H49N3O9/c47-41(48)17-23-51-26-20-46(21-27-52-24-18-44-42(49)54-29-39-35-13-5-1-9-31(35)32-10-2-6-14-36(32)39)22-28-53-25-19-45-43(50)55-30-40-37-15-7-3-11-33(37)34-12-4-8-16-38(34)40/h1-16,39-40H,17-30H2,(H,44,49)(H,45,50)(H,47,48). The van der Waals surface area contributed by atoms with E-state index in [9.17, 15) is 14.4 Å². The first-order valence-corrected chi connectivity index (χ1v) is 18.8. The maximum absolute atomic E-state index is 12.5. The largest absolute Gasteiger partial charge is 0.481 e. The van der Waals surface area contributed by atoms with Crippen molar-refractivity contribution in [3.05, 3.63) is 119 Å². The van der Waals surface area contributed by atoms with E-state index in [0.29, 0.717) is 65.8 Å². The molecular weight excluding hydrogens is 702 g/mol. The van der Waals surface area contributed by atoms with E-state index < -0.39 is 18.2 Å². The van der Waals surface area contributed by atoms with Gasteiger partial charge in [-0.15, -0.1) is 0 Å². The fourth-order valence-electron chi connectivity index (χ4n) is 7.13. The molecule has 0 unspecified atom stereocenters. The van der Waals surface area contributed by atoms with Gasteiger partial charge >= 0.3 is 18.2 Å². The van der Waals surface area contributed by atoms with Gasteiger partial charge in [0.05, 0.1) is 46.1 Å². The van der Waals surface area contributed by atoms with Crippen LogP contribution in [0.1, 0.15) is 40.5 Å². The van der Waals surface area contributed by atoms with Crippen molar-refractivity contribution in [1.29, 1.82) is 0 Å². The Balaban J connectivity index is 0.840. The lowest BCUT2D eigenvalue weighted by Gasteiger charge is -2.22. The van der Waals surface area contributed by atoms with Crippen LogP contribution in [0.15, 0.2) is 97.1 Å². The predicted octanol–water partition coefficient (Wildman–Crippen LogP) is 5.89. The number of carboxylic acids is 1. The average Bonchev–Trinajstić information content (AvgIpc) is 3.70. The molecule has 0 radical (unpaired) electrons. The molecule has 4 aromatic rings. The number of ether oxygens (including phenoxy) is 5. The highest BCUT2D eigenvalue weighted by molar-refractivity contribution is 5.80. The summed E-state index contributed by atoms with van der Waals surface area (Å²) in [5.41, 5.74) is 9.35. The van der Waals surface area contributed by atoms with Gasteiger partial charge < -0.3 is 39.4 Å². The molecular formula is C43H49N3O9. The summed E-state index contributed by atoms with van der Waals surface area (Å²) in [6, 6.07) is 32.8. The normalized spacial score (nSPS) is 12.8. The third-order valence-corrected chi connectivity index (χ3v) is 9.83. The number of hydrogen-bond acceptors (Lipinski definition) is 9. The van der Waals surface area contributed by atoms with Crippen molar-refractivity contribution < 1.29 is 43.2 Å². The first-order valence-electron chi connectivity index (χ1n) is 18.8. The number of nitrogens with one attached hydrogen (secondary N) is 2. The SMILES string of the molecule is O=C(O)CCOCCN(CCOCCNC(=O)OCC1c2ccccc2-c2ccccc21)CCOCCNC(=O)OCC1c2ccccc2-c2ccccc21. The van der Waals surface area contributed by atoms with Crippen LogP contribution < -0.4 is 10.6 Å². The summed E-state index contributed by atoms with van der Waals surface area (Å²) >= 11 is 0. The van der Waals surface area contributed by atoms with Gasteiger partial charge in [-0.3, -0.25) is 9.69 Å². The van der Waals surface area contributed by atoms with Crippen LogP contribution in [0.4, 0.5) is 9.59 Å². The Labute approximate surface area is 321 Å². The topological polar surface area (TPSA) is 145 Å². The second kappa shape index (κ2) is 20.4. The second-order valence-corrected chi connectivity index (χ2v) is 13.3. The number of rotatable bonds is 22. The number of carbonyl (C=O) groups excluding carboxylic acids is 2. The van der Waals surface area contributed by atoms with E-state index >= 15 is 0 Å². The van der Waals surface area contributed by atoms with Crippen LogP contribution in [0.25, 0.3) is 22.3 Å². The molecule has 2 aliphatic rings. The number of aliphatic carboxylic acids is 1. The van der Waals surface area contributed by atoms with E-state index in [2.05, 4.69) is 64.1 Å². The highest BCUT2D eigenvalue weighted by Crippen LogP contribution is 2.45. The summed E-state index contributed by atoms with van der Waals surface area (Å²) in [7, 11) is 0. The lowest BCUT2D eigenvalue weighted by Crippen LogP contribution is -2.35.